The summed E-state index contributed by atoms with van der Waals surface area (Å²) in [4.78, 5) is 16.1. The third-order valence-electron chi connectivity index (χ3n) is 5.90. The summed E-state index contributed by atoms with van der Waals surface area (Å²) in [5.41, 5.74) is 5.39. The minimum absolute atomic E-state index is 0.346. The van der Waals surface area contributed by atoms with Gasteiger partial charge in [0.2, 0.25) is 0 Å². The molecule has 3 heterocycles. The second-order valence-corrected chi connectivity index (χ2v) is 7.97. The van der Waals surface area contributed by atoms with E-state index in [4.69, 9.17) is 4.74 Å². The summed E-state index contributed by atoms with van der Waals surface area (Å²) in [5, 5.41) is 13.4. The van der Waals surface area contributed by atoms with E-state index in [0.717, 1.165) is 28.2 Å². The van der Waals surface area contributed by atoms with Gasteiger partial charge in [0.25, 0.3) is 0 Å². The van der Waals surface area contributed by atoms with Gasteiger partial charge in [-0.15, -0.1) is 0 Å². The lowest BCUT2D eigenvalue weighted by atomic mass is 10.1. The van der Waals surface area contributed by atoms with Gasteiger partial charge in [-0.25, -0.2) is 19.3 Å². The van der Waals surface area contributed by atoms with E-state index in [2.05, 4.69) is 31.3 Å². The number of nitrogens with zero attached hydrogens (tertiary/aromatic N) is 5. The van der Waals surface area contributed by atoms with Gasteiger partial charge in [0, 0.05) is 41.4 Å². The number of ether oxygens (including phenoxy) is 1. The zero-order valence-electron chi connectivity index (χ0n) is 19.2. The Morgan fingerprint density at radius 1 is 1.09 bits per heavy atom. The number of aromatic amines is 1. The molecule has 174 valence electrons. The highest BCUT2D eigenvalue weighted by atomic mass is 19.1. The van der Waals surface area contributed by atoms with Crippen LogP contribution in [0.4, 0.5) is 10.2 Å². The van der Waals surface area contributed by atoms with Crippen LogP contribution >= 0.6 is 0 Å². The maximum absolute atomic E-state index is 14.6. The molecule has 0 saturated carbocycles. The lowest BCUT2D eigenvalue weighted by Crippen LogP contribution is -2.13. The Hall–Kier alpha value is -4.71. The molecule has 0 aliphatic rings. The minimum atomic E-state index is -0.403. The SMILES string of the molecule is COc1ccc(F)c2c1cc(C#N)n2CCNc1cc(-c2ccc(-c3nc[nH]c3C)cc2)ncn1. The maximum Gasteiger partial charge on any atom is 0.147 e. The number of halogens is 1. The predicted octanol–water partition coefficient (Wildman–Crippen LogP) is 4.93. The molecule has 0 radical (unpaired) electrons. The van der Waals surface area contributed by atoms with E-state index in [9.17, 15) is 9.65 Å². The molecule has 0 spiro atoms. The molecule has 9 heteroatoms. The van der Waals surface area contributed by atoms with Crippen molar-refractivity contribution in [1.82, 2.24) is 24.5 Å². The van der Waals surface area contributed by atoms with E-state index in [1.165, 1.54) is 19.5 Å². The van der Waals surface area contributed by atoms with Gasteiger partial charge in [0.1, 0.15) is 35.5 Å². The third kappa shape index (κ3) is 4.17. The monoisotopic (exact) mass is 467 g/mol. The normalized spacial score (nSPS) is 10.9. The number of fused-ring (bicyclic) bond motifs is 1. The lowest BCUT2D eigenvalue weighted by molar-refractivity contribution is 0.419. The number of hydrogen-bond acceptors (Lipinski definition) is 6. The molecule has 5 aromatic rings. The van der Waals surface area contributed by atoms with Gasteiger partial charge < -0.3 is 19.6 Å². The number of anilines is 1. The maximum atomic E-state index is 14.6. The molecule has 0 amide bonds. The molecule has 0 aliphatic heterocycles. The molecule has 8 nitrogen and oxygen atoms in total. The zero-order valence-corrected chi connectivity index (χ0v) is 19.2. The van der Waals surface area contributed by atoms with E-state index in [1.807, 2.05) is 37.3 Å². The van der Waals surface area contributed by atoms with Crippen molar-refractivity contribution in [3.8, 4) is 34.3 Å². The van der Waals surface area contributed by atoms with Crippen molar-refractivity contribution < 1.29 is 9.13 Å². The van der Waals surface area contributed by atoms with Crippen molar-refractivity contribution in [2.45, 2.75) is 13.5 Å². The Labute approximate surface area is 201 Å². The summed E-state index contributed by atoms with van der Waals surface area (Å²) in [6, 6.07) is 16.6. The van der Waals surface area contributed by atoms with Crippen LogP contribution in [-0.4, -0.2) is 38.2 Å². The van der Waals surface area contributed by atoms with Crippen LogP contribution in [0.5, 0.6) is 5.75 Å². The highest BCUT2D eigenvalue weighted by Crippen LogP contribution is 2.31. The van der Waals surface area contributed by atoms with Crippen LogP contribution in [0.1, 0.15) is 11.4 Å². The van der Waals surface area contributed by atoms with E-state index in [-0.39, 0.29) is 0 Å². The molecule has 35 heavy (non-hydrogen) atoms. The van der Waals surface area contributed by atoms with Gasteiger partial charge in [-0.05, 0) is 25.1 Å². The fraction of sp³-hybridized carbons (Fsp3) is 0.154. The highest BCUT2D eigenvalue weighted by Gasteiger charge is 2.16. The molecule has 3 aromatic heterocycles. The molecule has 0 saturated heterocycles. The Kier molecular flexibility index (Phi) is 5.85. The van der Waals surface area contributed by atoms with Crippen LogP contribution in [0.3, 0.4) is 0 Å². The van der Waals surface area contributed by atoms with Crippen LogP contribution in [0, 0.1) is 24.1 Å². The molecule has 0 aliphatic carbocycles. The van der Waals surface area contributed by atoms with Crippen molar-refractivity contribution in [2.75, 3.05) is 19.0 Å². The van der Waals surface area contributed by atoms with Gasteiger partial charge in [0.05, 0.1) is 30.3 Å². The average Bonchev–Trinajstić information content (AvgIpc) is 3.48. The summed E-state index contributed by atoms with van der Waals surface area (Å²) in [7, 11) is 1.52. The summed E-state index contributed by atoms with van der Waals surface area (Å²) in [5.74, 6) is 0.758. The smallest absolute Gasteiger partial charge is 0.147 e. The van der Waals surface area contributed by atoms with Gasteiger partial charge in [-0.1, -0.05) is 24.3 Å². The first-order valence-electron chi connectivity index (χ1n) is 11.0. The number of imidazole rings is 1. The van der Waals surface area contributed by atoms with Crippen molar-refractivity contribution in [3.05, 3.63) is 78.4 Å². The molecule has 2 N–H and O–H groups in total. The van der Waals surface area contributed by atoms with E-state index in [0.29, 0.717) is 41.3 Å². The molecule has 5 rings (SSSR count). The first kappa shape index (κ1) is 22.1. The van der Waals surface area contributed by atoms with Gasteiger partial charge >= 0.3 is 0 Å². The number of methoxy groups -OCH3 is 1. The number of rotatable bonds is 7. The van der Waals surface area contributed by atoms with Crippen molar-refractivity contribution in [3.63, 3.8) is 0 Å². The van der Waals surface area contributed by atoms with Crippen LogP contribution in [0.15, 0.2) is 61.2 Å². The summed E-state index contributed by atoms with van der Waals surface area (Å²) in [6.07, 6.45) is 3.18. The van der Waals surface area contributed by atoms with E-state index >= 15 is 0 Å². The summed E-state index contributed by atoms with van der Waals surface area (Å²) in [6.45, 7) is 2.79. The van der Waals surface area contributed by atoms with Gasteiger partial charge in [0.15, 0.2) is 0 Å². The number of aromatic nitrogens is 5. The molecule has 0 bridgehead atoms. The number of H-pyrrole nitrogens is 1. The largest absolute Gasteiger partial charge is 0.496 e. The fourth-order valence-electron chi connectivity index (χ4n) is 4.17. The van der Waals surface area contributed by atoms with Crippen molar-refractivity contribution in [2.24, 2.45) is 0 Å². The van der Waals surface area contributed by atoms with E-state index in [1.54, 1.807) is 23.0 Å². The van der Waals surface area contributed by atoms with Crippen LogP contribution < -0.4 is 10.1 Å². The molecule has 0 unspecified atom stereocenters. The number of aryl methyl sites for hydroxylation is 1. The minimum Gasteiger partial charge on any atom is -0.496 e. The standard InChI is InChI=1S/C26H22FN7O/c1-16-25(33-14-30-16)18-5-3-17(4-6-18)22-12-24(32-15-31-22)29-9-10-34-19(13-28)11-20-23(35-2)8-7-21(27)26(20)34/h3-8,11-12,14-15H,9-10H2,1-2H3,(H,30,33)(H,29,31,32). The Balaban J connectivity index is 1.33. The van der Waals surface area contributed by atoms with Crippen molar-refractivity contribution >= 4 is 16.7 Å². The fourth-order valence-corrected chi connectivity index (χ4v) is 4.17. The highest BCUT2D eigenvalue weighted by molar-refractivity contribution is 5.88. The number of hydrogen-bond donors (Lipinski definition) is 2. The topological polar surface area (TPSA) is 104 Å². The van der Waals surface area contributed by atoms with Crippen molar-refractivity contribution in [1.29, 1.82) is 5.26 Å². The first-order valence-corrected chi connectivity index (χ1v) is 11.0. The van der Waals surface area contributed by atoms with Crippen LogP contribution in [0.2, 0.25) is 0 Å². The molecule has 0 atom stereocenters. The number of benzene rings is 2. The molecular weight excluding hydrogens is 445 g/mol. The number of nitrogens with one attached hydrogen (secondary N) is 2. The zero-order chi connectivity index (χ0) is 24.4. The first-order chi connectivity index (χ1) is 17.1. The second kappa shape index (κ2) is 9.27. The third-order valence-corrected chi connectivity index (χ3v) is 5.90. The molecule has 0 fully saturated rings. The summed E-state index contributed by atoms with van der Waals surface area (Å²) >= 11 is 0. The summed E-state index contributed by atoms with van der Waals surface area (Å²) < 4.78 is 21.6. The van der Waals surface area contributed by atoms with Crippen LogP contribution in [0.25, 0.3) is 33.4 Å². The van der Waals surface area contributed by atoms with Gasteiger partial charge in [-0.2, -0.15) is 5.26 Å². The molecular formula is C26H22FN7O. The second-order valence-electron chi connectivity index (χ2n) is 7.97. The lowest BCUT2D eigenvalue weighted by Gasteiger charge is -2.11. The Morgan fingerprint density at radius 2 is 1.89 bits per heavy atom. The van der Waals surface area contributed by atoms with Gasteiger partial charge in [-0.3, -0.25) is 0 Å². The average molecular weight is 468 g/mol. The Bertz CT molecular complexity index is 1550. The van der Waals surface area contributed by atoms with Crippen LogP contribution in [-0.2, 0) is 6.54 Å². The quantitative estimate of drug-likeness (QED) is 0.352. The van der Waals surface area contributed by atoms with E-state index < -0.39 is 5.82 Å². The molecule has 2 aromatic carbocycles. The Morgan fingerprint density at radius 3 is 2.60 bits per heavy atom. The predicted molar refractivity (Wildman–Crippen MR) is 131 cm³/mol. The number of nitriles is 1.